The van der Waals surface area contributed by atoms with Gasteiger partial charge in [-0.15, -0.1) is 0 Å². The van der Waals surface area contributed by atoms with Crippen molar-refractivity contribution in [1.29, 1.82) is 0 Å². The molecular formula is C17H19N3O2. The number of carbonyl (C=O) groups excluding carboxylic acids is 2. The van der Waals surface area contributed by atoms with Crippen LogP contribution in [0.5, 0.6) is 0 Å². The third-order valence-electron chi connectivity index (χ3n) is 3.33. The summed E-state index contributed by atoms with van der Waals surface area (Å²) in [7, 11) is 1.54. The molecule has 5 heteroatoms. The Morgan fingerprint density at radius 2 is 1.77 bits per heavy atom. The summed E-state index contributed by atoms with van der Waals surface area (Å²) in [5.41, 5.74) is 8.04. The van der Waals surface area contributed by atoms with Gasteiger partial charge >= 0.3 is 0 Å². The van der Waals surface area contributed by atoms with Crippen molar-refractivity contribution < 1.29 is 9.59 Å². The van der Waals surface area contributed by atoms with Crippen molar-refractivity contribution in [3.63, 3.8) is 0 Å². The van der Waals surface area contributed by atoms with E-state index in [0.717, 1.165) is 12.0 Å². The second-order valence-corrected chi connectivity index (χ2v) is 4.87. The number of nitrogens with two attached hydrogens (primary N) is 1. The van der Waals surface area contributed by atoms with E-state index in [2.05, 4.69) is 10.6 Å². The minimum Gasteiger partial charge on any atom is -0.398 e. The molecule has 2 rings (SSSR count). The molecule has 0 aromatic heterocycles. The molecule has 0 aliphatic heterocycles. The molecule has 0 saturated heterocycles. The van der Waals surface area contributed by atoms with Crippen LogP contribution >= 0.6 is 0 Å². The molecule has 0 aliphatic rings. The van der Waals surface area contributed by atoms with Gasteiger partial charge in [-0.1, -0.05) is 30.3 Å². The van der Waals surface area contributed by atoms with Gasteiger partial charge in [0.2, 0.25) is 0 Å². The van der Waals surface area contributed by atoms with Gasteiger partial charge in [-0.2, -0.15) is 0 Å². The van der Waals surface area contributed by atoms with Crippen molar-refractivity contribution >= 4 is 17.5 Å². The Hall–Kier alpha value is -2.82. The van der Waals surface area contributed by atoms with Crippen LogP contribution in [0.25, 0.3) is 0 Å². The fourth-order valence-corrected chi connectivity index (χ4v) is 2.10. The average Bonchev–Trinajstić information content (AvgIpc) is 2.55. The summed E-state index contributed by atoms with van der Waals surface area (Å²) < 4.78 is 0. The first-order valence-electron chi connectivity index (χ1n) is 7.05. The fourth-order valence-electron chi connectivity index (χ4n) is 2.10. The van der Waals surface area contributed by atoms with Crippen LogP contribution in [0.4, 0.5) is 5.69 Å². The maximum atomic E-state index is 12.2. The minimum atomic E-state index is -0.279. The summed E-state index contributed by atoms with van der Waals surface area (Å²) >= 11 is 0. The van der Waals surface area contributed by atoms with E-state index in [1.165, 1.54) is 13.1 Å². The van der Waals surface area contributed by atoms with Crippen molar-refractivity contribution in [1.82, 2.24) is 10.6 Å². The van der Waals surface area contributed by atoms with Crippen LogP contribution in [0.3, 0.4) is 0 Å². The lowest BCUT2D eigenvalue weighted by atomic mass is 10.1. The highest BCUT2D eigenvalue weighted by atomic mass is 16.2. The summed E-state index contributed by atoms with van der Waals surface area (Å²) in [6.45, 7) is 0.506. The third-order valence-corrected chi connectivity index (χ3v) is 3.33. The Kier molecular flexibility index (Phi) is 5.14. The van der Waals surface area contributed by atoms with Gasteiger partial charge in [-0.25, -0.2) is 0 Å². The molecule has 5 nitrogen and oxygen atoms in total. The molecule has 114 valence electrons. The highest BCUT2D eigenvalue weighted by molar-refractivity contribution is 6.03. The first-order valence-corrected chi connectivity index (χ1v) is 7.05. The van der Waals surface area contributed by atoms with E-state index in [1.54, 1.807) is 12.1 Å². The highest BCUT2D eigenvalue weighted by Gasteiger charge is 2.12. The number of benzene rings is 2. The van der Waals surface area contributed by atoms with E-state index in [-0.39, 0.29) is 11.8 Å². The lowest BCUT2D eigenvalue weighted by molar-refractivity contribution is 0.0955. The van der Waals surface area contributed by atoms with E-state index in [1.807, 2.05) is 30.3 Å². The van der Waals surface area contributed by atoms with Crippen LogP contribution in [0, 0.1) is 0 Å². The minimum absolute atomic E-state index is 0.252. The zero-order valence-electron chi connectivity index (χ0n) is 12.4. The topological polar surface area (TPSA) is 84.2 Å². The van der Waals surface area contributed by atoms with Gasteiger partial charge in [0.1, 0.15) is 0 Å². The predicted molar refractivity (Wildman–Crippen MR) is 86.7 cm³/mol. The van der Waals surface area contributed by atoms with Gasteiger partial charge in [-0.05, 0) is 30.2 Å². The van der Waals surface area contributed by atoms with Crippen molar-refractivity contribution in [3.8, 4) is 0 Å². The van der Waals surface area contributed by atoms with E-state index in [0.29, 0.717) is 23.4 Å². The van der Waals surface area contributed by atoms with Crippen molar-refractivity contribution in [2.45, 2.75) is 6.42 Å². The summed E-state index contributed by atoms with van der Waals surface area (Å²) in [4.78, 5) is 23.8. The Labute approximate surface area is 129 Å². The maximum Gasteiger partial charge on any atom is 0.253 e. The predicted octanol–water partition coefficient (Wildman–Crippen LogP) is 1.60. The maximum absolute atomic E-state index is 12.2. The molecule has 0 aliphatic carbocycles. The quantitative estimate of drug-likeness (QED) is 0.733. The summed E-state index contributed by atoms with van der Waals surface area (Å²) in [6.07, 6.45) is 0.738. The van der Waals surface area contributed by atoms with Crippen molar-refractivity contribution in [2.75, 3.05) is 19.3 Å². The van der Waals surface area contributed by atoms with Gasteiger partial charge < -0.3 is 16.4 Å². The number of nitrogens with one attached hydrogen (secondary N) is 2. The fraction of sp³-hybridized carbons (Fsp3) is 0.176. The number of carbonyl (C=O) groups is 2. The van der Waals surface area contributed by atoms with Crippen LogP contribution in [0.2, 0.25) is 0 Å². The molecule has 22 heavy (non-hydrogen) atoms. The van der Waals surface area contributed by atoms with E-state index in [4.69, 9.17) is 5.73 Å². The summed E-state index contributed by atoms with van der Waals surface area (Å²) in [6, 6.07) is 14.5. The van der Waals surface area contributed by atoms with Gasteiger partial charge in [0.05, 0.1) is 5.56 Å². The van der Waals surface area contributed by atoms with Crippen LogP contribution < -0.4 is 16.4 Å². The molecule has 2 aromatic carbocycles. The summed E-state index contributed by atoms with van der Waals surface area (Å²) in [5, 5.41) is 5.34. The zero-order chi connectivity index (χ0) is 15.9. The molecular weight excluding hydrogens is 278 g/mol. The molecule has 0 saturated carbocycles. The normalized spacial score (nSPS) is 10.0. The third kappa shape index (κ3) is 3.85. The molecule has 0 heterocycles. The molecule has 0 radical (unpaired) electrons. The second-order valence-electron chi connectivity index (χ2n) is 4.87. The zero-order valence-corrected chi connectivity index (χ0v) is 12.4. The number of hydrogen-bond donors (Lipinski definition) is 3. The Bertz CT molecular complexity index is 669. The number of hydrogen-bond acceptors (Lipinski definition) is 3. The van der Waals surface area contributed by atoms with Gasteiger partial charge in [0.15, 0.2) is 0 Å². The molecule has 2 aromatic rings. The van der Waals surface area contributed by atoms with Crippen molar-refractivity contribution in [3.05, 3.63) is 65.2 Å². The molecule has 0 unspecified atom stereocenters. The van der Waals surface area contributed by atoms with Gasteiger partial charge in [-0.3, -0.25) is 9.59 Å². The molecule has 0 bridgehead atoms. The van der Waals surface area contributed by atoms with Crippen LogP contribution in [0.15, 0.2) is 48.5 Å². The highest BCUT2D eigenvalue weighted by Crippen LogP contribution is 2.14. The van der Waals surface area contributed by atoms with Gasteiger partial charge in [0, 0.05) is 24.8 Å². The number of anilines is 1. The lowest BCUT2D eigenvalue weighted by Crippen LogP contribution is -2.27. The summed E-state index contributed by atoms with van der Waals surface area (Å²) in [5.74, 6) is -0.530. The Morgan fingerprint density at radius 1 is 1.05 bits per heavy atom. The first-order chi connectivity index (χ1) is 10.6. The second kappa shape index (κ2) is 7.26. The number of amides is 2. The smallest absolute Gasteiger partial charge is 0.253 e. The van der Waals surface area contributed by atoms with E-state index in [9.17, 15) is 9.59 Å². The van der Waals surface area contributed by atoms with Crippen molar-refractivity contribution in [2.24, 2.45) is 0 Å². The SMILES string of the molecule is CNC(=O)c1ccc(N)c(C(=O)NCCc2ccccc2)c1. The Morgan fingerprint density at radius 3 is 2.45 bits per heavy atom. The first kappa shape index (κ1) is 15.6. The van der Waals surface area contributed by atoms with E-state index < -0.39 is 0 Å². The average molecular weight is 297 g/mol. The monoisotopic (exact) mass is 297 g/mol. The van der Waals surface area contributed by atoms with Crippen LogP contribution in [-0.2, 0) is 6.42 Å². The Balaban J connectivity index is 2.01. The molecule has 0 atom stereocenters. The standard InChI is InChI=1S/C17H19N3O2/c1-19-16(21)13-7-8-15(18)14(11-13)17(22)20-10-9-12-5-3-2-4-6-12/h2-8,11H,9-10,18H2,1H3,(H,19,21)(H,20,22). The van der Waals surface area contributed by atoms with E-state index >= 15 is 0 Å². The van der Waals surface area contributed by atoms with Gasteiger partial charge in [0.25, 0.3) is 11.8 Å². The van der Waals surface area contributed by atoms with Crippen LogP contribution in [-0.4, -0.2) is 25.4 Å². The van der Waals surface area contributed by atoms with Crippen LogP contribution in [0.1, 0.15) is 26.3 Å². The molecule has 2 amide bonds. The molecule has 4 N–H and O–H groups in total. The largest absolute Gasteiger partial charge is 0.398 e. The number of nitrogen functional groups attached to an aromatic ring is 1. The molecule has 0 spiro atoms. The lowest BCUT2D eigenvalue weighted by Gasteiger charge is -2.09. The molecule has 0 fully saturated rings. The number of rotatable bonds is 5.